The molecule has 0 bridgehead atoms. The van der Waals surface area contributed by atoms with Crippen LogP contribution in [0.1, 0.15) is 33.8 Å². The van der Waals surface area contributed by atoms with Crippen molar-refractivity contribution in [2.75, 3.05) is 12.0 Å². The zero-order chi connectivity index (χ0) is 23.7. The summed E-state index contributed by atoms with van der Waals surface area (Å²) < 4.78 is 21.7. The quantitative estimate of drug-likeness (QED) is 0.327. The fourth-order valence-electron chi connectivity index (χ4n) is 4.31. The Labute approximate surface area is 201 Å². The predicted octanol–water partition coefficient (Wildman–Crippen LogP) is 4.98. The van der Waals surface area contributed by atoms with Crippen molar-refractivity contribution in [2.24, 2.45) is 0 Å². The number of rotatable bonds is 5. The standard InChI is InChI=1S/C26H21FN4O2S/c1-33-25(32)17-11-13-18(14-12-17)30-16-6-10-22(30)24-23(20-8-4-5-15-28-20)29-26(34)31(24)21-9-3-2-7-19(21)27/h2-16,23-24H,1H3,(H,29,34)/t23-,24-/m1/s1. The summed E-state index contributed by atoms with van der Waals surface area (Å²) in [4.78, 5) is 18.2. The van der Waals surface area contributed by atoms with E-state index < -0.39 is 5.97 Å². The fourth-order valence-corrected chi connectivity index (χ4v) is 4.65. The Morgan fingerprint density at radius 1 is 1.03 bits per heavy atom. The number of carbonyl (C=O) groups excluding carboxylic acids is 1. The Morgan fingerprint density at radius 2 is 1.79 bits per heavy atom. The molecule has 5 rings (SSSR count). The molecule has 2 aromatic heterocycles. The minimum absolute atomic E-state index is 0.309. The van der Waals surface area contributed by atoms with Crippen LogP contribution in [-0.4, -0.2) is 27.7 Å². The van der Waals surface area contributed by atoms with Crippen LogP contribution in [0.2, 0.25) is 0 Å². The number of aromatic nitrogens is 2. The number of para-hydroxylation sites is 1. The molecule has 6 nitrogen and oxygen atoms in total. The number of esters is 1. The third-order valence-corrected chi connectivity index (χ3v) is 6.17. The molecule has 4 aromatic rings. The first-order valence-electron chi connectivity index (χ1n) is 10.7. The van der Waals surface area contributed by atoms with Gasteiger partial charge in [-0.1, -0.05) is 18.2 Å². The summed E-state index contributed by atoms with van der Waals surface area (Å²) in [6.45, 7) is 0. The van der Waals surface area contributed by atoms with Crippen molar-refractivity contribution >= 4 is 29.0 Å². The first-order chi connectivity index (χ1) is 16.6. The van der Waals surface area contributed by atoms with E-state index in [0.29, 0.717) is 16.4 Å². The molecule has 8 heteroatoms. The summed E-state index contributed by atoms with van der Waals surface area (Å²) in [7, 11) is 1.35. The van der Waals surface area contributed by atoms with Gasteiger partial charge in [-0.05, 0) is 72.9 Å². The summed E-state index contributed by atoms with van der Waals surface area (Å²) in [5.74, 6) is -0.760. The lowest BCUT2D eigenvalue weighted by Gasteiger charge is -2.29. The zero-order valence-corrected chi connectivity index (χ0v) is 19.1. The van der Waals surface area contributed by atoms with Gasteiger partial charge in [0.05, 0.1) is 30.1 Å². The molecule has 0 saturated carbocycles. The molecular formula is C26H21FN4O2S. The van der Waals surface area contributed by atoms with Gasteiger partial charge in [-0.25, -0.2) is 9.18 Å². The Hall–Kier alpha value is -4.04. The van der Waals surface area contributed by atoms with Crippen LogP contribution in [0.25, 0.3) is 5.69 Å². The van der Waals surface area contributed by atoms with E-state index in [1.807, 2.05) is 53.2 Å². The second-order valence-electron chi connectivity index (χ2n) is 7.79. The Kier molecular flexibility index (Phi) is 5.81. The number of hydrogen-bond acceptors (Lipinski definition) is 4. The van der Waals surface area contributed by atoms with Crippen molar-refractivity contribution < 1.29 is 13.9 Å². The molecule has 1 aliphatic heterocycles. The number of ether oxygens (including phenoxy) is 1. The summed E-state index contributed by atoms with van der Waals surface area (Å²) in [5, 5.41) is 3.76. The van der Waals surface area contributed by atoms with Gasteiger partial charge in [0, 0.05) is 23.8 Å². The molecule has 170 valence electrons. The van der Waals surface area contributed by atoms with E-state index in [0.717, 1.165) is 17.1 Å². The maximum absolute atomic E-state index is 14.9. The van der Waals surface area contributed by atoms with Gasteiger partial charge in [0.2, 0.25) is 0 Å². The number of anilines is 1. The molecular weight excluding hydrogens is 451 g/mol. The lowest BCUT2D eigenvalue weighted by molar-refractivity contribution is 0.0600. The molecule has 1 saturated heterocycles. The van der Waals surface area contributed by atoms with E-state index in [-0.39, 0.29) is 17.9 Å². The lowest BCUT2D eigenvalue weighted by Crippen LogP contribution is -2.31. The molecule has 0 aliphatic carbocycles. The van der Waals surface area contributed by atoms with Crippen LogP contribution in [0.4, 0.5) is 10.1 Å². The molecule has 0 radical (unpaired) electrons. The van der Waals surface area contributed by atoms with Crippen LogP contribution in [0.3, 0.4) is 0 Å². The normalized spacial score (nSPS) is 17.5. The predicted molar refractivity (Wildman–Crippen MR) is 131 cm³/mol. The summed E-state index contributed by atoms with van der Waals surface area (Å²) in [6, 6.07) is 22.6. The van der Waals surface area contributed by atoms with Gasteiger partial charge in [0.25, 0.3) is 0 Å². The first kappa shape index (κ1) is 21.8. The van der Waals surface area contributed by atoms with Crippen molar-refractivity contribution in [2.45, 2.75) is 12.1 Å². The molecule has 34 heavy (non-hydrogen) atoms. The van der Waals surface area contributed by atoms with Crippen LogP contribution in [-0.2, 0) is 4.74 Å². The second-order valence-corrected chi connectivity index (χ2v) is 8.18. The molecule has 1 fully saturated rings. The number of carbonyl (C=O) groups is 1. The average Bonchev–Trinajstić information content (AvgIpc) is 3.49. The summed E-state index contributed by atoms with van der Waals surface area (Å²) >= 11 is 5.69. The van der Waals surface area contributed by atoms with Gasteiger partial charge in [0.1, 0.15) is 11.9 Å². The number of thiocarbonyl (C=S) groups is 1. The Morgan fingerprint density at radius 3 is 2.50 bits per heavy atom. The van der Waals surface area contributed by atoms with Crippen molar-refractivity contribution in [1.82, 2.24) is 14.9 Å². The highest BCUT2D eigenvalue weighted by atomic mass is 32.1. The maximum atomic E-state index is 14.9. The Bertz CT molecular complexity index is 1340. The number of pyridine rings is 1. The highest BCUT2D eigenvalue weighted by molar-refractivity contribution is 7.80. The van der Waals surface area contributed by atoms with Crippen molar-refractivity contribution in [3.05, 3.63) is 114 Å². The van der Waals surface area contributed by atoms with Crippen LogP contribution in [0, 0.1) is 5.82 Å². The molecule has 1 aliphatic rings. The maximum Gasteiger partial charge on any atom is 0.337 e. The minimum atomic E-state index is -0.398. The molecule has 1 N–H and O–H groups in total. The topological polar surface area (TPSA) is 59.4 Å². The van der Waals surface area contributed by atoms with Crippen molar-refractivity contribution in [1.29, 1.82) is 0 Å². The van der Waals surface area contributed by atoms with E-state index >= 15 is 0 Å². The van der Waals surface area contributed by atoms with Crippen LogP contribution in [0.5, 0.6) is 0 Å². The number of methoxy groups -OCH3 is 1. The molecule has 0 unspecified atom stereocenters. The van der Waals surface area contributed by atoms with E-state index in [9.17, 15) is 9.18 Å². The van der Waals surface area contributed by atoms with Gasteiger partial charge in [-0.3, -0.25) is 4.98 Å². The summed E-state index contributed by atoms with van der Waals surface area (Å²) in [5.41, 5.74) is 3.37. The van der Waals surface area contributed by atoms with E-state index in [4.69, 9.17) is 17.0 Å². The third-order valence-electron chi connectivity index (χ3n) is 5.86. The highest BCUT2D eigenvalue weighted by Crippen LogP contribution is 2.42. The van der Waals surface area contributed by atoms with Gasteiger partial charge in [0.15, 0.2) is 5.11 Å². The third kappa shape index (κ3) is 3.82. The molecule has 2 atom stereocenters. The number of benzene rings is 2. The SMILES string of the molecule is COC(=O)c1ccc(-n2cccc2[C@@H]2[C@@H](c3ccccn3)NC(=S)N2c2ccccc2F)cc1. The lowest BCUT2D eigenvalue weighted by atomic mass is 10.0. The largest absolute Gasteiger partial charge is 0.465 e. The number of halogens is 1. The van der Waals surface area contributed by atoms with Crippen molar-refractivity contribution in [3.8, 4) is 5.69 Å². The molecule has 2 aromatic carbocycles. The highest BCUT2D eigenvalue weighted by Gasteiger charge is 2.43. The van der Waals surface area contributed by atoms with Gasteiger partial charge in [-0.2, -0.15) is 0 Å². The molecule has 3 heterocycles. The number of hydrogen-bond donors (Lipinski definition) is 1. The van der Waals surface area contributed by atoms with Crippen LogP contribution >= 0.6 is 12.2 Å². The van der Waals surface area contributed by atoms with Crippen LogP contribution < -0.4 is 10.2 Å². The van der Waals surface area contributed by atoms with Crippen LogP contribution in [0.15, 0.2) is 91.3 Å². The number of nitrogens with one attached hydrogen (secondary N) is 1. The zero-order valence-electron chi connectivity index (χ0n) is 18.3. The fraction of sp³-hybridized carbons (Fsp3) is 0.115. The van der Waals surface area contributed by atoms with Crippen molar-refractivity contribution in [3.63, 3.8) is 0 Å². The van der Waals surface area contributed by atoms with E-state index in [1.54, 1.807) is 41.4 Å². The first-order valence-corrected chi connectivity index (χ1v) is 11.1. The van der Waals surface area contributed by atoms with Gasteiger partial charge >= 0.3 is 5.97 Å². The molecule has 0 amide bonds. The smallest absolute Gasteiger partial charge is 0.337 e. The number of nitrogens with zero attached hydrogens (tertiary/aromatic N) is 3. The van der Waals surface area contributed by atoms with Gasteiger partial charge < -0.3 is 19.5 Å². The average molecular weight is 473 g/mol. The Balaban J connectivity index is 1.63. The van der Waals surface area contributed by atoms with Gasteiger partial charge in [-0.15, -0.1) is 0 Å². The second kappa shape index (κ2) is 9.07. The monoisotopic (exact) mass is 472 g/mol. The minimum Gasteiger partial charge on any atom is -0.465 e. The molecule has 0 spiro atoms. The van der Waals surface area contributed by atoms with E-state index in [1.165, 1.54) is 13.2 Å². The summed E-state index contributed by atoms with van der Waals surface area (Å²) in [6.07, 6.45) is 3.66. The van der Waals surface area contributed by atoms with E-state index in [2.05, 4.69) is 10.3 Å².